The number of aromatic carboxylic acids is 1. The van der Waals surface area contributed by atoms with Crippen LogP contribution in [0.3, 0.4) is 0 Å². The number of rotatable bonds is 4. The zero-order chi connectivity index (χ0) is 15.6. The Bertz CT molecular complexity index is 696. The number of thiazole rings is 1. The van der Waals surface area contributed by atoms with Crippen molar-refractivity contribution in [3.05, 3.63) is 45.4 Å². The fourth-order valence-electron chi connectivity index (χ4n) is 1.82. The van der Waals surface area contributed by atoms with Gasteiger partial charge in [0.15, 0.2) is 5.69 Å². The Morgan fingerprint density at radius 2 is 2.10 bits per heavy atom. The van der Waals surface area contributed by atoms with Crippen molar-refractivity contribution in [1.82, 2.24) is 10.3 Å². The van der Waals surface area contributed by atoms with Gasteiger partial charge >= 0.3 is 5.97 Å². The quantitative estimate of drug-likeness (QED) is 0.805. The Morgan fingerprint density at radius 3 is 2.67 bits per heavy atom. The Labute approximate surface area is 125 Å². The molecule has 1 atom stereocenters. The molecule has 0 aliphatic heterocycles. The van der Waals surface area contributed by atoms with Gasteiger partial charge in [-0.2, -0.15) is 0 Å². The van der Waals surface area contributed by atoms with Crippen LogP contribution < -0.4 is 5.32 Å². The first-order valence-electron chi connectivity index (χ1n) is 6.17. The highest BCUT2D eigenvalue weighted by Crippen LogP contribution is 2.20. The maximum Gasteiger partial charge on any atom is 0.355 e. The molecule has 0 radical (unpaired) electrons. The SMILES string of the molecule is Cc1cc(O)ccc1C(=O)NC(C)c1nc(C(=O)O)cs1. The van der Waals surface area contributed by atoms with Gasteiger partial charge in [0.1, 0.15) is 10.8 Å². The summed E-state index contributed by atoms with van der Waals surface area (Å²) in [4.78, 5) is 26.9. The molecule has 1 aromatic heterocycles. The summed E-state index contributed by atoms with van der Waals surface area (Å²) in [5.74, 6) is -1.29. The van der Waals surface area contributed by atoms with Crippen LogP contribution in [0.5, 0.6) is 5.75 Å². The van der Waals surface area contributed by atoms with Crippen LogP contribution in [-0.2, 0) is 0 Å². The molecule has 110 valence electrons. The third kappa shape index (κ3) is 3.38. The molecule has 2 aromatic rings. The summed E-state index contributed by atoms with van der Waals surface area (Å²) in [5, 5.41) is 22.9. The third-order valence-corrected chi connectivity index (χ3v) is 3.94. The average Bonchev–Trinajstić information content (AvgIpc) is 2.88. The number of nitrogens with zero attached hydrogens (tertiary/aromatic N) is 1. The largest absolute Gasteiger partial charge is 0.508 e. The van der Waals surface area contributed by atoms with Crippen molar-refractivity contribution in [2.24, 2.45) is 0 Å². The first-order chi connectivity index (χ1) is 9.88. The summed E-state index contributed by atoms with van der Waals surface area (Å²) in [6.07, 6.45) is 0. The summed E-state index contributed by atoms with van der Waals surface area (Å²) in [7, 11) is 0. The van der Waals surface area contributed by atoms with Gasteiger partial charge < -0.3 is 15.5 Å². The van der Waals surface area contributed by atoms with E-state index in [-0.39, 0.29) is 17.4 Å². The van der Waals surface area contributed by atoms with Crippen LogP contribution in [0.4, 0.5) is 0 Å². The molecule has 21 heavy (non-hydrogen) atoms. The highest BCUT2D eigenvalue weighted by atomic mass is 32.1. The Balaban J connectivity index is 2.12. The lowest BCUT2D eigenvalue weighted by Gasteiger charge is -2.12. The second-order valence-electron chi connectivity index (χ2n) is 4.57. The number of carbonyl (C=O) groups is 2. The number of aromatic nitrogens is 1. The van der Waals surface area contributed by atoms with Gasteiger partial charge in [-0.05, 0) is 37.6 Å². The highest BCUT2D eigenvalue weighted by molar-refractivity contribution is 7.09. The van der Waals surface area contributed by atoms with Crippen LogP contribution in [0.25, 0.3) is 0 Å². The van der Waals surface area contributed by atoms with E-state index >= 15 is 0 Å². The van der Waals surface area contributed by atoms with Gasteiger partial charge in [0.25, 0.3) is 5.91 Å². The van der Waals surface area contributed by atoms with Gasteiger partial charge in [0.05, 0.1) is 6.04 Å². The molecule has 0 saturated carbocycles. The van der Waals surface area contributed by atoms with E-state index in [1.807, 2.05) is 0 Å². The highest BCUT2D eigenvalue weighted by Gasteiger charge is 2.17. The Hall–Kier alpha value is -2.41. The lowest BCUT2D eigenvalue weighted by Crippen LogP contribution is -2.27. The van der Waals surface area contributed by atoms with Gasteiger partial charge in [-0.15, -0.1) is 11.3 Å². The molecular formula is C14H14N2O4S. The predicted molar refractivity (Wildman–Crippen MR) is 77.8 cm³/mol. The molecule has 0 spiro atoms. The van der Waals surface area contributed by atoms with Crippen molar-refractivity contribution in [3.63, 3.8) is 0 Å². The number of carboxylic acid groups (broad SMARTS) is 1. The molecule has 1 heterocycles. The van der Waals surface area contributed by atoms with E-state index in [0.717, 1.165) is 0 Å². The van der Waals surface area contributed by atoms with Crippen LogP contribution in [0.2, 0.25) is 0 Å². The van der Waals surface area contributed by atoms with E-state index < -0.39 is 12.0 Å². The zero-order valence-electron chi connectivity index (χ0n) is 11.5. The number of phenolic OH excluding ortho intramolecular Hbond substituents is 1. The number of aryl methyl sites for hydroxylation is 1. The smallest absolute Gasteiger partial charge is 0.355 e. The predicted octanol–water partition coefficient (Wildman–Crippen LogP) is 2.35. The van der Waals surface area contributed by atoms with Crippen LogP contribution >= 0.6 is 11.3 Å². The maximum absolute atomic E-state index is 12.2. The molecule has 3 N–H and O–H groups in total. The number of nitrogens with one attached hydrogen (secondary N) is 1. The number of carboxylic acids is 1. The summed E-state index contributed by atoms with van der Waals surface area (Å²) in [6, 6.07) is 4.09. The number of amides is 1. The van der Waals surface area contributed by atoms with Crippen molar-refractivity contribution >= 4 is 23.2 Å². The molecule has 1 aromatic carbocycles. The minimum atomic E-state index is -1.09. The minimum Gasteiger partial charge on any atom is -0.508 e. The number of hydrogen-bond acceptors (Lipinski definition) is 5. The van der Waals surface area contributed by atoms with E-state index in [1.165, 1.54) is 34.9 Å². The molecular weight excluding hydrogens is 292 g/mol. The second kappa shape index (κ2) is 5.92. The normalized spacial score (nSPS) is 11.9. The number of carbonyl (C=O) groups excluding carboxylic acids is 1. The van der Waals surface area contributed by atoms with E-state index in [4.69, 9.17) is 5.11 Å². The van der Waals surface area contributed by atoms with Gasteiger partial charge in [0, 0.05) is 10.9 Å². The topological polar surface area (TPSA) is 99.5 Å². The van der Waals surface area contributed by atoms with Gasteiger partial charge in [-0.3, -0.25) is 4.79 Å². The lowest BCUT2D eigenvalue weighted by molar-refractivity contribution is 0.0691. The fourth-order valence-corrected chi connectivity index (χ4v) is 2.62. The molecule has 0 fully saturated rings. The number of benzene rings is 1. The van der Waals surface area contributed by atoms with E-state index in [1.54, 1.807) is 13.8 Å². The summed E-state index contributed by atoms with van der Waals surface area (Å²) in [6.45, 7) is 3.46. The van der Waals surface area contributed by atoms with Crippen molar-refractivity contribution < 1.29 is 19.8 Å². The summed E-state index contributed by atoms with van der Waals surface area (Å²) >= 11 is 1.18. The van der Waals surface area contributed by atoms with Gasteiger partial charge in [0.2, 0.25) is 0 Å². The zero-order valence-corrected chi connectivity index (χ0v) is 12.3. The molecule has 0 bridgehead atoms. The first kappa shape index (κ1) is 15.0. The molecule has 2 rings (SSSR count). The molecule has 6 nitrogen and oxygen atoms in total. The van der Waals surface area contributed by atoms with Gasteiger partial charge in [-0.1, -0.05) is 0 Å². The summed E-state index contributed by atoms with van der Waals surface area (Å²) in [5.41, 5.74) is 1.08. The van der Waals surface area contributed by atoms with Crippen molar-refractivity contribution in [1.29, 1.82) is 0 Å². The Kier molecular flexibility index (Phi) is 4.23. The standard InChI is InChI=1S/C14H14N2O4S/c1-7-5-9(17)3-4-10(7)12(18)15-8(2)13-16-11(6-21-13)14(19)20/h3-6,8,17H,1-2H3,(H,15,18)(H,19,20). The average molecular weight is 306 g/mol. The van der Waals surface area contributed by atoms with Crippen LogP contribution in [0.15, 0.2) is 23.6 Å². The van der Waals surface area contributed by atoms with Crippen molar-refractivity contribution in [2.45, 2.75) is 19.9 Å². The molecule has 0 aliphatic rings. The number of aromatic hydroxyl groups is 1. The monoisotopic (exact) mass is 306 g/mol. The molecule has 7 heteroatoms. The Morgan fingerprint density at radius 1 is 1.38 bits per heavy atom. The second-order valence-corrected chi connectivity index (χ2v) is 5.46. The summed E-state index contributed by atoms with van der Waals surface area (Å²) < 4.78 is 0. The number of hydrogen-bond donors (Lipinski definition) is 3. The van der Waals surface area contributed by atoms with Crippen molar-refractivity contribution in [3.8, 4) is 5.75 Å². The molecule has 0 saturated heterocycles. The number of phenols is 1. The lowest BCUT2D eigenvalue weighted by atomic mass is 10.1. The van der Waals surface area contributed by atoms with Crippen LogP contribution in [-0.4, -0.2) is 27.1 Å². The van der Waals surface area contributed by atoms with Crippen molar-refractivity contribution in [2.75, 3.05) is 0 Å². The minimum absolute atomic E-state index is 0.0306. The van der Waals surface area contributed by atoms with Crippen LogP contribution in [0, 0.1) is 6.92 Å². The third-order valence-electron chi connectivity index (χ3n) is 2.91. The molecule has 1 amide bonds. The maximum atomic E-state index is 12.2. The van der Waals surface area contributed by atoms with E-state index in [9.17, 15) is 14.7 Å². The molecule has 0 aliphatic carbocycles. The fraction of sp³-hybridized carbons (Fsp3) is 0.214. The van der Waals surface area contributed by atoms with E-state index in [0.29, 0.717) is 16.1 Å². The van der Waals surface area contributed by atoms with Crippen LogP contribution in [0.1, 0.15) is 44.4 Å². The molecule has 1 unspecified atom stereocenters. The first-order valence-corrected chi connectivity index (χ1v) is 7.05. The van der Waals surface area contributed by atoms with Gasteiger partial charge in [-0.25, -0.2) is 9.78 Å². The van der Waals surface area contributed by atoms with E-state index in [2.05, 4.69) is 10.3 Å².